The van der Waals surface area contributed by atoms with Crippen molar-refractivity contribution in [3.8, 4) is 5.75 Å². The van der Waals surface area contributed by atoms with E-state index in [4.69, 9.17) is 9.84 Å². The van der Waals surface area contributed by atoms with Crippen LogP contribution in [0.1, 0.15) is 23.0 Å². The molecule has 0 aliphatic carbocycles. The highest BCUT2D eigenvalue weighted by atomic mass is 16.5. The van der Waals surface area contributed by atoms with Crippen molar-refractivity contribution in [2.45, 2.75) is 19.9 Å². The molecule has 2 N–H and O–H groups in total. The van der Waals surface area contributed by atoms with Crippen molar-refractivity contribution in [2.75, 3.05) is 7.11 Å². The molecule has 0 aliphatic rings. The van der Waals surface area contributed by atoms with E-state index in [1.54, 1.807) is 38.3 Å². The molecule has 0 saturated carbocycles. The molecule has 0 bridgehead atoms. The second kappa shape index (κ2) is 5.78. The van der Waals surface area contributed by atoms with Crippen LogP contribution in [0.2, 0.25) is 0 Å². The van der Waals surface area contributed by atoms with Crippen molar-refractivity contribution in [1.82, 2.24) is 10.3 Å². The maximum atomic E-state index is 12.1. The molecule has 2 rings (SSSR count). The number of ether oxygens (including phenoxy) is 1. The lowest BCUT2D eigenvalue weighted by Gasteiger charge is -2.12. The molecule has 1 aromatic carbocycles. The Morgan fingerprint density at radius 2 is 2.05 bits per heavy atom. The Labute approximate surface area is 121 Å². The molecular formula is C15H16N2O4. The summed E-state index contributed by atoms with van der Waals surface area (Å²) >= 11 is 0. The Bertz CT molecular complexity index is 712. The molecule has 1 aromatic heterocycles. The summed E-state index contributed by atoms with van der Waals surface area (Å²) in [5, 5.41) is 12.0. The molecule has 6 heteroatoms. The van der Waals surface area contributed by atoms with E-state index in [9.17, 15) is 9.59 Å². The maximum absolute atomic E-state index is 12.1. The van der Waals surface area contributed by atoms with Gasteiger partial charge in [0.15, 0.2) is 0 Å². The van der Waals surface area contributed by atoms with Gasteiger partial charge >= 0.3 is 5.97 Å². The van der Waals surface area contributed by atoms with Crippen LogP contribution < -0.4 is 10.1 Å². The zero-order valence-corrected chi connectivity index (χ0v) is 12.0. The first-order valence-corrected chi connectivity index (χ1v) is 6.41. The van der Waals surface area contributed by atoms with Gasteiger partial charge in [-0.2, -0.15) is 0 Å². The van der Waals surface area contributed by atoms with Crippen LogP contribution in [0.15, 0.2) is 24.3 Å². The van der Waals surface area contributed by atoms with E-state index in [0.29, 0.717) is 17.0 Å². The average Bonchev–Trinajstić information content (AvgIpc) is 2.45. The number of methoxy groups -OCH3 is 1. The molecule has 1 atom stereocenters. The van der Waals surface area contributed by atoms with Gasteiger partial charge in [-0.1, -0.05) is 0 Å². The van der Waals surface area contributed by atoms with Crippen LogP contribution in [0.3, 0.4) is 0 Å². The minimum absolute atomic E-state index is 0.362. The number of aromatic nitrogens is 1. The summed E-state index contributed by atoms with van der Waals surface area (Å²) in [5.41, 5.74) is 1.61. The van der Waals surface area contributed by atoms with E-state index in [1.807, 2.05) is 0 Å². The van der Waals surface area contributed by atoms with Gasteiger partial charge in [0.05, 0.1) is 23.9 Å². The normalized spacial score (nSPS) is 12.0. The van der Waals surface area contributed by atoms with Gasteiger partial charge in [0, 0.05) is 11.5 Å². The van der Waals surface area contributed by atoms with Crippen molar-refractivity contribution in [2.24, 2.45) is 0 Å². The van der Waals surface area contributed by atoms with Crippen LogP contribution in [-0.4, -0.2) is 35.1 Å². The number of aryl methyl sites for hydroxylation is 1. The number of nitrogens with zero attached hydrogens (tertiary/aromatic N) is 1. The van der Waals surface area contributed by atoms with Crippen LogP contribution in [0.5, 0.6) is 5.75 Å². The molecule has 0 fully saturated rings. The number of pyridine rings is 1. The van der Waals surface area contributed by atoms with Crippen molar-refractivity contribution in [3.63, 3.8) is 0 Å². The highest BCUT2D eigenvalue weighted by molar-refractivity contribution is 6.00. The molecule has 0 radical (unpaired) electrons. The molecule has 110 valence electrons. The van der Waals surface area contributed by atoms with Crippen molar-refractivity contribution in [3.05, 3.63) is 35.5 Å². The Morgan fingerprint density at radius 1 is 1.33 bits per heavy atom. The minimum Gasteiger partial charge on any atom is -0.497 e. The zero-order valence-electron chi connectivity index (χ0n) is 12.0. The van der Waals surface area contributed by atoms with E-state index in [0.717, 1.165) is 10.9 Å². The average molecular weight is 288 g/mol. The fraction of sp³-hybridized carbons (Fsp3) is 0.267. The molecule has 1 heterocycles. The summed E-state index contributed by atoms with van der Waals surface area (Å²) in [6.45, 7) is 3.12. The third-order valence-electron chi connectivity index (χ3n) is 3.18. The van der Waals surface area contributed by atoms with E-state index in [2.05, 4.69) is 10.3 Å². The Hall–Kier alpha value is -2.63. The number of aliphatic carboxylic acids is 1. The second-order valence-electron chi connectivity index (χ2n) is 4.71. The topological polar surface area (TPSA) is 88.5 Å². The number of nitrogens with one attached hydrogen (secondary N) is 1. The zero-order chi connectivity index (χ0) is 15.6. The lowest BCUT2D eigenvalue weighted by molar-refractivity contribution is -0.138. The van der Waals surface area contributed by atoms with Crippen LogP contribution in [0.4, 0.5) is 0 Å². The molecule has 1 amide bonds. The first-order valence-electron chi connectivity index (χ1n) is 6.41. The number of carbonyl (C=O) groups excluding carboxylic acids is 1. The van der Waals surface area contributed by atoms with Crippen LogP contribution in [0, 0.1) is 6.92 Å². The fourth-order valence-electron chi connectivity index (χ4n) is 1.94. The summed E-state index contributed by atoms with van der Waals surface area (Å²) in [6, 6.07) is 6.10. The van der Waals surface area contributed by atoms with E-state index in [-0.39, 0.29) is 0 Å². The number of hydrogen-bond acceptors (Lipinski definition) is 4. The molecule has 21 heavy (non-hydrogen) atoms. The Kier molecular flexibility index (Phi) is 4.07. The highest BCUT2D eigenvalue weighted by Gasteiger charge is 2.17. The second-order valence-corrected chi connectivity index (χ2v) is 4.71. The van der Waals surface area contributed by atoms with Gasteiger partial charge in [-0.05, 0) is 32.0 Å². The first-order chi connectivity index (χ1) is 9.92. The third kappa shape index (κ3) is 3.10. The SMILES string of the molecule is COc1ccc2cc(C(=O)NC(C)C(=O)O)c(C)nc2c1. The minimum atomic E-state index is -1.08. The number of carboxylic acids is 1. The van der Waals surface area contributed by atoms with Crippen LogP contribution in [0.25, 0.3) is 10.9 Å². The van der Waals surface area contributed by atoms with Gasteiger partial charge < -0.3 is 15.2 Å². The molecule has 1 unspecified atom stereocenters. The molecule has 2 aromatic rings. The van der Waals surface area contributed by atoms with Gasteiger partial charge in [0.2, 0.25) is 0 Å². The number of amides is 1. The van der Waals surface area contributed by atoms with Gasteiger partial charge in [0.1, 0.15) is 11.8 Å². The van der Waals surface area contributed by atoms with Gasteiger partial charge in [-0.25, -0.2) is 0 Å². The first kappa shape index (κ1) is 14.8. The van der Waals surface area contributed by atoms with E-state index in [1.165, 1.54) is 6.92 Å². The van der Waals surface area contributed by atoms with Crippen LogP contribution in [-0.2, 0) is 4.79 Å². The third-order valence-corrected chi connectivity index (χ3v) is 3.18. The molecule has 0 saturated heterocycles. The summed E-state index contributed by atoms with van der Waals surface area (Å²) in [7, 11) is 1.57. The number of benzene rings is 1. The maximum Gasteiger partial charge on any atom is 0.325 e. The number of hydrogen-bond donors (Lipinski definition) is 2. The van der Waals surface area contributed by atoms with Crippen LogP contribution >= 0.6 is 0 Å². The summed E-state index contributed by atoms with van der Waals surface area (Å²) in [6.07, 6.45) is 0. The predicted molar refractivity (Wildman–Crippen MR) is 77.6 cm³/mol. The number of carbonyl (C=O) groups is 2. The fourth-order valence-corrected chi connectivity index (χ4v) is 1.94. The molecule has 0 aliphatic heterocycles. The quantitative estimate of drug-likeness (QED) is 0.894. The highest BCUT2D eigenvalue weighted by Crippen LogP contribution is 2.21. The van der Waals surface area contributed by atoms with Gasteiger partial charge in [-0.3, -0.25) is 14.6 Å². The monoisotopic (exact) mass is 288 g/mol. The Balaban J connectivity index is 2.38. The largest absolute Gasteiger partial charge is 0.497 e. The smallest absolute Gasteiger partial charge is 0.325 e. The van der Waals surface area contributed by atoms with Crippen molar-refractivity contribution in [1.29, 1.82) is 0 Å². The lowest BCUT2D eigenvalue weighted by Crippen LogP contribution is -2.38. The Morgan fingerprint density at radius 3 is 2.67 bits per heavy atom. The van der Waals surface area contributed by atoms with Gasteiger partial charge in [0.25, 0.3) is 5.91 Å². The standard InChI is InChI=1S/C15H16N2O4/c1-8-12(14(18)17-9(2)15(19)20)6-10-4-5-11(21-3)7-13(10)16-8/h4-7,9H,1-3H3,(H,17,18)(H,19,20). The van der Waals surface area contributed by atoms with E-state index < -0.39 is 17.9 Å². The number of carboxylic acid groups (broad SMARTS) is 1. The summed E-state index contributed by atoms with van der Waals surface area (Å²) < 4.78 is 5.13. The van der Waals surface area contributed by atoms with Crippen molar-refractivity contribution < 1.29 is 19.4 Å². The summed E-state index contributed by atoms with van der Waals surface area (Å²) in [5.74, 6) is -0.849. The lowest BCUT2D eigenvalue weighted by atomic mass is 10.1. The molecular weight excluding hydrogens is 272 g/mol. The van der Waals surface area contributed by atoms with E-state index >= 15 is 0 Å². The molecule has 6 nitrogen and oxygen atoms in total. The molecule has 0 spiro atoms. The number of rotatable bonds is 4. The predicted octanol–water partition coefficient (Wildman–Crippen LogP) is 1.75. The summed E-state index contributed by atoms with van der Waals surface area (Å²) in [4.78, 5) is 27.3. The number of fused-ring (bicyclic) bond motifs is 1. The van der Waals surface area contributed by atoms with Crippen molar-refractivity contribution >= 4 is 22.8 Å². The van der Waals surface area contributed by atoms with Gasteiger partial charge in [-0.15, -0.1) is 0 Å².